The molecule has 5 rings (SSSR count). The van der Waals surface area contributed by atoms with E-state index in [1.165, 1.54) is 12.8 Å². The highest BCUT2D eigenvalue weighted by Gasteiger charge is 2.16. The van der Waals surface area contributed by atoms with Gasteiger partial charge in [0, 0.05) is 30.5 Å². The van der Waals surface area contributed by atoms with Gasteiger partial charge < -0.3 is 20.0 Å². The second-order valence-corrected chi connectivity index (χ2v) is 8.28. The maximum absolute atomic E-state index is 11.4. The van der Waals surface area contributed by atoms with Crippen LogP contribution in [0.25, 0.3) is 11.1 Å². The summed E-state index contributed by atoms with van der Waals surface area (Å²) in [6.45, 7) is 6.34. The van der Waals surface area contributed by atoms with E-state index in [1.807, 2.05) is 31.3 Å². The van der Waals surface area contributed by atoms with Crippen LogP contribution in [-0.2, 0) is 0 Å². The number of nitrogens with zero attached hydrogens (tertiary/aromatic N) is 4. The quantitative estimate of drug-likeness (QED) is 0.428. The number of aryl methyl sites for hydroxylation is 1. The average molecular weight is 432 g/mol. The largest absolute Gasteiger partial charge is 0.417 e. The monoisotopic (exact) mass is 431 g/mol. The van der Waals surface area contributed by atoms with Gasteiger partial charge >= 0.3 is 5.76 Å². The minimum Gasteiger partial charge on any atom is -0.408 e. The van der Waals surface area contributed by atoms with E-state index in [1.54, 1.807) is 18.3 Å². The molecule has 1 saturated heterocycles. The minimum atomic E-state index is -0.476. The number of nitrogens with one attached hydrogen (secondary N) is 3. The van der Waals surface area contributed by atoms with Crippen molar-refractivity contribution in [3.8, 4) is 0 Å². The van der Waals surface area contributed by atoms with E-state index < -0.39 is 5.76 Å². The molecule has 0 amide bonds. The van der Waals surface area contributed by atoms with Crippen LogP contribution in [0.4, 0.5) is 29.0 Å². The van der Waals surface area contributed by atoms with Crippen molar-refractivity contribution < 1.29 is 4.42 Å². The molecule has 0 unspecified atom stereocenters. The topological polar surface area (TPSA) is 112 Å². The number of aromatic nitrogens is 4. The van der Waals surface area contributed by atoms with Crippen molar-refractivity contribution in [3.05, 3.63) is 58.8 Å². The highest BCUT2D eigenvalue weighted by molar-refractivity contribution is 5.78. The Morgan fingerprint density at radius 1 is 1.06 bits per heavy atom. The van der Waals surface area contributed by atoms with Crippen molar-refractivity contribution in [2.24, 2.45) is 5.92 Å². The number of H-pyrrole nitrogens is 1. The van der Waals surface area contributed by atoms with Crippen molar-refractivity contribution in [2.45, 2.75) is 26.7 Å². The van der Waals surface area contributed by atoms with E-state index in [9.17, 15) is 4.79 Å². The second kappa shape index (κ2) is 8.33. The molecule has 4 aromatic rings. The molecule has 0 aliphatic carbocycles. The van der Waals surface area contributed by atoms with E-state index in [-0.39, 0.29) is 0 Å². The number of fused-ring (bicyclic) bond motifs is 1. The van der Waals surface area contributed by atoms with E-state index in [0.29, 0.717) is 22.9 Å². The predicted molar refractivity (Wildman–Crippen MR) is 125 cm³/mol. The number of benzene rings is 1. The molecule has 0 atom stereocenters. The molecule has 1 aliphatic heterocycles. The molecular weight excluding hydrogens is 406 g/mol. The Hall–Kier alpha value is -3.88. The van der Waals surface area contributed by atoms with Gasteiger partial charge in [-0.3, -0.25) is 4.98 Å². The van der Waals surface area contributed by atoms with Gasteiger partial charge in [0.25, 0.3) is 0 Å². The number of hydrogen-bond acceptors (Lipinski definition) is 8. The van der Waals surface area contributed by atoms with Crippen LogP contribution in [0.15, 0.2) is 51.9 Å². The standard InChI is InChI=1S/C23H25N7O2/c1-14-7-9-30(10-8-14)20-6-4-17(13-24-20)27-22-25-12-15(2)21(29-22)26-16-3-5-19-18(11-16)28-23(31)32-19/h3-6,11-14H,7-10H2,1-2H3,(H,28,31)(H2,25,26,27,29). The first-order chi connectivity index (χ1) is 15.5. The van der Waals surface area contributed by atoms with Crippen LogP contribution in [0.2, 0.25) is 0 Å². The van der Waals surface area contributed by atoms with E-state index >= 15 is 0 Å². The van der Waals surface area contributed by atoms with Crippen molar-refractivity contribution in [2.75, 3.05) is 28.6 Å². The van der Waals surface area contributed by atoms with Crippen LogP contribution in [0.1, 0.15) is 25.3 Å². The van der Waals surface area contributed by atoms with E-state index in [4.69, 9.17) is 4.42 Å². The molecular formula is C23H25N7O2. The molecule has 1 aliphatic rings. The molecule has 32 heavy (non-hydrogen) atoms. The molecule has 4 heterocycles. The number of anilines is 5. The van der Waals surface area contributed by atoms with Gasteiger partial charge in [-0.05, 0) is 56.0 Å². The van der Waals surface area contributed by atoms with Gasteiger partial charge in [-0.25, -0.2) is 14.8 Å². The smallest absolute Gasteiger partial charge is 0.408 e. The fourth-order valence-electron chi connectivity index (χ4n) is 3.81. The summed E-state index contributed by atoms with van der Waals surface area (Å²) in [7, 11) is 0. The molecule has 1 fully saturated rings. The number of hydrogen-bond donors (Lipinski definition) is 3. The van der Waals surface area contributed by atoms with Crippen LogP contribution < -0.4 is 21.3 Å². The predicted octanol–water partition coefficient (Wildman–Crippen LogP) is 4.34. The number of piperidine rings is 1. The fourth-order valence-corrected chi connectivity index (χ4v) is 3.81. The van der Waals surface area contributed by atoms with E-state index in [2.05, 4.69) is 42.4 Å². The summed E-state index contributed by atoms with van der Waals surface area (Å²) in [4.78, 5) is 30.0. The SMILES string of the molecule is Cc1cnc(Nc2ccc(N3CCC(C)CC3)nc2)nc1Nc1ccc2oc(=O)[nH]c2c1. The summed E-state index contributed by atoms with van der Waals surface area (Å²) in [5.74, 6) is 2.45. The Kier molecular flexibility index (Phi) is 5.22. The van der Waals surface area contributed by atoms with Crippen LogP contribution in [-0.4, -0.2) is 33.0 Å². The molecule has 0 saturated carbocycles. The lowest BCUT2D eigenvalue weighted by molar-refractivity contribution is 0.436. The van der Waals surface area contributed by atoms with Crippen molar-refractivity contribution in [3.63, 3.8) is 0 Å². The van der Waals surface area contributed by atoms with Crippen molar-refractivity contribution in [1.82, 2.24) is 19.9 Å². The molecule has 164 valence electrons. The molecule has 0 bridgehead atoms. The normalized spacial score (nSPS) is 14.6. The number of rotatable bonds is 5. The van der Waals surface area contributed by atoms with Gasteiger partial charge in [0.2, 0.25) is 5.95 Å². The first-order valence-electron chi connectivity index (χ1n) is 10.7. The zero-order chi connectivity index (χ0) is 22.1. The van der Waals surface area contributed by atoms with E-state index in [0.717, 1.165) is 41.8 Å². The molecule has 0 spiro atoms. The molecule has 3 aromatic heterocycles. The van der Waals surface area contributed by atoms with Crippen molar-refractivity contribution >= 4 is 40.1 Å². The highest BCUT2D eigenvalue weighted by atomic mass is 16.4. The average Bonchev–Trinajstić information content (AvgIpc) is 3.16. The Bertz CT molecular complexity index is 1290. The van der Waals surface area contributed by atoms with Crippen LogP contribution in [0, 0.1) is 12.8 Å². The van der Waals surface area contributed by atoms with Gasteiger partial charge in [-0.15, -0.1) is 0 Å². The zero-order valence-electron chi connectivity index (χ0n) is 18.1. The lowest BCUT2D eigenvalue weighted by Crippen LogP contribution is -2.33. The van der Waals surface area contributed by atoms with Crippen molar-refractivity contribution in [1.29, 1.82) is 0 Å². The summed E-state index contributed by atoms with van der Waals surface area (Å²) in [6.07, 6.45) is 5.98. The lowest BCUT2D eigenvalue weighted by Gasteiger charge is -2.31. The Morgan fingerprint density at radius 2 is 1.88 bits per heavy atom. The maximum Gasteiger partial charge on any atom is 0.417 e. The third-order valence-electron chi connectivity index (χ3n) is 5.77. The molecule has 1 aromatic carbocycles. The maximum atomic E-state index is 11.4. The first kappa shape index (κ1) is 20.0. The molecule has 9 nitrogen and oxygen atoms in total. The number of oxazole rings is 1. The summed E-state index contributed by atoms with van der Waals surface area (Å²) in [5, 5.41) is 6.50. The number of aromatic amines is 1. The highest BCUT2D eigenvalue weighted by Crippen LogP contribution is 2.25. The fraction of sp³-hybridized carbons (Fsp3) is 0.304. The van der Waals surface area contributed by atoms with Gasteiger partial charge in [0.15, 0.2) is 5.58 Å². The third kappa shape index (κ3) is 4.27. The Morgan fingerprint density at radius 3 is 2.66 bits per heavy atom. The van der Waals surface area contributed by atoms with Crippen LogP contribution in [0.3, 0.4) is 0 Å². The summed E-state index contributed by atoms with van der Waals surface area (Å²) in [5.41, 5.74) is 3.64. The Labute approximate surface area is 184 Å². The summed E-state index contributed by atoms with van der Waals surface area (Å²) in [6, 6.07) is 9.41. The first-order valence-corrected chi connectivity index (χ1v) is 10.7. The summed E-state index contributed by atoms with van der Waals surface area (Å²) >= 11 is 0. The summed E-state index contributed by atoms with van der Waals surface area (Å²) < 4.78 is 5.05. The minimum absolute atomic E-state index is 0.470. The van der Waals surface area contributed by atoms with Gasteiger partial charge in [0.1, 0.15) is 11.6 Å². The molecule has 9 heteroatoms. The van der Waals surface area contributed by atoms with Gasteiger partial charge in [-0.2, -0.15) is 4.98 Å². The Balaban J connectivity index is 1.30. The second-order valence-electron chi connectivity index (χ2n) is 8.28. The lowest BCUT2D eigenvalue weighted by atomic mass is 9.99. The molecule has 3 N–H and O–H groups in total. The van der Waals surface area contributed by atoms with Gasteiger partial charge in [0.05, 0.1) is 17.4 Å². The molecule has 0 radical (unpaired) electrons. The van der Waals surface area contributed by atoms with Gasteiger partial charge in [-0.1, -0.05) is 6.92 Å². The third-order valence-corrected chi connectivity index (χ3v) is 5.77. The van der Waals surface area contributed by atoms with Crippen LogP contribution in [0.5, 0.6) is 0 Å². The van der Waals surface area contributed by atoms with Crippen LogP contribution >= 0.6 is 0 Å². The number of pyridine rings is 1. The zero-order valence-corrected chi connectivity index (χ0v) is 18.1.